The molecule has 0 saturated carbocycles. The fraction of sp³-hybridized carbons (Fsp3) is 0.750. The summed E-state index contributed by atoms with van der Waals surface area (Å²) in [5.41, 5.74) is 0. The molecule has 0 aliphatic carbocycles. The summed E-state index contributed by atoms with van der Waals surface area (Å²) in [5.74, 6) is 1.22. The van der Waals surface area contributed by atoms with Crippen molar-refractivity contribution < 1.29 is 14.3 Å². The van der Waals surface area contributed by atoms with E-state index in [2.05, 4.69) is 5.32 Å². The fourth-order valence-corrected chi connectivity index (χ4v) is 2.48. The lowest BCUT2D eigenvalue weighted by molar-refractivity contribution is -0.146. The summed E-state index contributed by atoms with van der Waals surface area (Å²) in [6.07, 6.45) is -0.161. The third-order valence-corrected chi connectivity index (χ3v) is 2.89. The summed E-state index contributed by atoms with van der Waals surface area (Å²) in [4.78, 5) is 21.5. The van der Waals surface area contributed by atoms with E-state index in [1.165, 1.54) is 13.8 Å². The highest BCUT2D eigenvalue weighted by molar-refractivity contribution is 7.99. The maximum atomic E-state index is 10.8. The summed E-state index contributed by atoms with van der Waals surface area (Å²) < 4.78 is 5.05. The number of hydrogen-bond donors (Lipinski definition) is 1. The lowest BCUT2D eigenvalue weighted by Crippen LogP contribution is -2.43. The van der Waals surface area contributed by atoms with Gasteiger partial charge in [0.05, 0.1) is 6.04 Å². The van der Waals surface area contributed by atoms with E-state index < -0.39 is 0 Å². The van der Waals surface area contributed by atoms with Gasteiger partial charge in [-0.05, 0) is 0 Å². The summed E-state index contributed by atoms with van der Waals surface area (Å²) >= 11 is 1.68. The van der Waals surface area contributed by atoms with Crippen molar-refractivity contribution in [2.75, 3.05) is 11.5 Å². The molecular formula is C8H13NO3S. The number of thioether (sulfide) groups is 1. The van der Waals surface area contributed by atoms with E-state index in [0.717, 1.165) is 11.5 Å². The molecule has 1 fully saturated rings. The second kappa shape index (κ2) is 4.50. The van der Waals surface area contributed by atoms with Crippen molar-refractivity contribution in [3.05, 3.63) is 0 Å². The molecule has 74 valence electrons. The Morgan fingerprint density at radius 3 is 2.62 bits per heavy atom. The standard InChI is InChI=1S/C8H13NO3S/c1-5(10)9-7-3-13-4-8(7)12-6(2)11/h7-8H,3-4H2,1-2H3,(H,9,10)/t7-,8+/m0/s1. The minimum Gasteiger partial charge on any atom is -0.459 e. The molecule has 1 aliphatic heterocycles. The van der Waals surface area contributed by atoms with Gasteiger partial charge in [0.1, 0.15) is 6.10 Å². The molecule has 13 heavy (non-hydrogen) atoms. The number of ether oxygens (including phenoxy) is 1. The minimum atomic E-state index is -0.289. The zero-order valence-electron chi connectivity index (χ0n) is 7.70. The smallest absolute Gasteiger partial charge is 0.303 e. The number of carbonyl (C=O) groups excluding carboxylic acids is 2. The first-order valence-electron chi connectivity index (χ1n) is 4.11. The molecule has 2 atom stereocenters. The van der Waals surface area contributed by atoms with Crippen molar-refractivity contribution in [2.24, 2.45) is 0 Å². The second-order valence-electron chi connectivity index (χ2n) is 2.99. The Labute approximate surface area is 81.4 Å². The highest BCUT2D eigenvalue weighted by atomic mass is 32.2. The minimum absolute atomic E-state index is 0.0219. The fourth-order valence-electron chi connectivity index (χ4n) is 1.26. The number of rotatable bonds is 2. The molecular weight excluding hydrogens is 190 g/mol. The lowest BCUT2D eigenvalue weighted by Gasteiger charge is -2.18. The van der Waals surface area contributed by atoms with Crippen molar-refractivity contribution in [1.29, 1.82) is 0 Å². The van der Waals surface area contributed by atoms with Crippen molar-refractivity contribution in [3.8, 4) is 0 Å². The van der Waals surface area contributed by atoms with Crippen LogP contribution in [-0.4, -0.2) is 35.5 Å². The Morgan fingerprint density at radius 2 is 2.08 bits per heavy atom. The van der Waals surface area contributed by atoms with Crippen LogP contribution in [0, 0.1) is 0 Å². The molecule has 1 saturated heterocycles. The van der Waals surface area contributed by atoms with Crippen molar-refractivity contribution in [2.45, 2.75) is 26.0 Å². The van der Waals surface area contributed by atoms with Crippen LogP contribution in [0.2, 0.25) is 0 Å². The first-order chi connectivity index (χ1) is 6.09. The van der Waals surface area contributed by atoms with Gasteiger partial charge in [-0.25, -0.2) is 0 Å². The SMILES string of the molecule is CC(=O)N[C@H]1CSC[C@H]1OC(C)=O. The quantitative estimate of drug-likeness (QED) is 0.650. The van der Waals surface area contributed by atoms with Gasteiger partial charge in [0.25, 0.3) is 0 Å². The number of amides is 1. The Morgan fingerprint density at radius 1 is 1.38 bits per heavy atom. The molecule has 1 aliphatic rings. The predicted molar refractivity (Wildman–Crippen MR) is 50.5 cm³/mol. The topological polar surface area (TPSA) is 55.4 Å². The number of hydrogen-bond acceptors (Lipinski definition) is 4. The molecule has 0 aromatic heterocycles. The van der Waals surface area contributed by atoms with Crippen LogP contribution in [-0.2, 0) is 14.3 Å². The van der Waals surface area contributed by atoms with Gasteiger partial charge in [-0.15, -0.1) is 0 Å². The van der Waals surface area contributed by atoms with Crippen molar-refractivity contribution in [3.63, 3.8) is 0 Å². The molecule has 0 bridgehead atoms. The zero-order valence-corrected chi connectivity index (χ0v) is 8.52. The van der Waals surface area contributed by atoms with Crippen LogP contribution in [0.4, 0.5) is 0 Å². The predicted octanol–water partition coefficient (Wildman–Crippen LogP) is 0.170. The lowest BCUT2D eigenvalue weighted by atomic mass is 10.2. The average Bonchev–Trinajstić information content (AvgIpc) is 2.34. The Kier molecular flexibility index (Phi) is 3.59. The Balaban J connectivity index is 2.43. The van der Waals surface area contributed by atoms with Gasteiger partial charge in [0.2, 0.25) is 5.91 Å². The maximum absolute atomic E-state index is 10.8. The maximum Gasteiger partial charge on any atom is 0.303 e. The van der Waals surface area contributed by atoms with Gasteiger partial charge in [-0.1, -0.05) is 0 Å². The van der Waals surface area contributed by atoms with Crippen LogP contribution in [0.1, 0.15) is 13.8 Å². The van der Waals surface area contributed by atoms with Crippen LogP contribution in [0.15, 0.2) is 0 Å². The number of nitrogens with one attached hydrogen (secondary N) is 1. The third kappa shape index (κ3) is 3.26. The van der Waals surface area contributed by atoms with E-state index in [4.69, 9.17) is 4.74 Å². The highest BCUT2D eigenvalue weighted by Crippen LogP contribution is 2.21. The van der Waals surface area contributed by atoms with E-state index in [9.17, 15) is 9.59 Å². The Bertz CT molecular complexity index is 197. The van der Waals surface area contributed by atoms with Gasteiger partial charge in [0, 0.05) is 25.4 Å². The van der Waals surface area contributed by atoms with E-state index >= 15 is 0 Å². The monoisotopic (exact) mass is 203 g/mol. The van der Waals surface area contributed by atoms with Crippen molar-refractivity contribution in [1.82, 2.24) is 5.32 Å². The normalized spacial score (nSPS) is 26.9. The molecule has 0 aromatic carbocycles. The highest BCUT2D eigenvalue weighted by Gasteiger charge is 2.30. The first kappa shape index (κ1) is 10.4. The molecule has 0 unspecified atom stereocenters. The molecule has 1 heterocycles. The van der Waals surface area contributed by atoms with Crippen LogP contribution < -0.4 is 5.32 Å². The molecule has 1 N–H and O–H groups in total. The van der Waals surface area contributed by atoms with E-state index in [1.807, 2.05) is 0 Å². The third-order valence-electron chi connectivity index (χ3n) is 1.73. The zero-order chi connectivity index (χ0) is 9.84. The molecule has 4 nitrogen and oxygen atoms in total. The van der Waals surface area contributed by atoms with Gasteiger partial charge in [0.15, 0.2) is 0 Å². The summed E-state index contributed by atoms with van der Waals surface area (Å²) in [7, 11) is 0. The number of carbonyl (C=O) groups is 2. The summed E-state index contributed by atoms with van der Waals surface area (Å²) in [5, 5.41) is 2.76. The molecule has 1 amide bonds. The molecule has 0 spiro atoms. The van der Waals surface area contributed by atoms with Gasteiger partial charge in [-0.3, -0.25) is 9.59 Å². The first-order valence-corrected chi connectivity index (χ1v) is 5.27. The molecule has 0 radical (unpaired) electrons. The van der Waals surface area contributed by atoms with Crippen LogP contribution in [0.25, 0.3) is 0 Å². The average molecular weight is 203 g/mol. The van der Waals surface area contributed by atoms with Crippen LogP contribution >= 0.6 is 11.8 Å². The van der Waals surface area contributed by atoms with Gasteiger partial charge in [-0.2, -0.15) is 11.8 Å². The van der Waals surface area contributed by atoms with E-state index in [-0.39, 0.29) is 24.0 Å². The Hall–Kier alpha value is -0.710. The molecule has 5 heteroatoms. The van der Waals surface area contributed by atoms with E-state index in [0.29, 0.717) is 0 Å². The number of esters is 1. The van der Waals surface area contributed by atoms with Crippen molar-refractivity contribution >= 4 is 23.6 Å². The van der Waals surface area contributed by atoms with Gasteiger partial charge >= 0.3 is 5.97 Å². The van der Waals surface area contributed by atoms with Crippen LogP contribution in [0.5, 0.6) is 0 Å². The molecule has 0 aromatic rings. The largest absolute Gasteiger partial charge is 0.459 e. The van der Waals surface area contributed by atoms with Crippen LogP contribution in [0.3, 0.4) is 0 Å². The summed E-state index contributed by atoms with van der Waals surface area (Å²) in [6.45, 7) is 2.85. The molecule has 1 rings (SSSR count). The summed E-state index contributed by atoms with van der Waals surface area (Å²) in [6, 6.07) is -0.0219. The van der Waals surface area contributed by atoms with E-state index in [1.54, 1.807) is 11.8 Å². The van der Waals surface area contributed by atoms with Gasteiger partial charge < -0.3 is 10.1 Å². The second-order valence-corrected chi connectivity index (χ2v) is 4.07.